The van der Waals surface area contributed by atoms with E-state index in [-0.39, 0.29) is 11.5 Å². The second-order valence-corrected chi connectivity index (χ2v) is 7.27. The maximum atomic E-state index is 6.31. The third-order valence-corrected chi connectivity index (χ3v) is 4.46. The summed E-state index contributed by atoms with van der Waals surface area (Å²) in [6.07, 6.45) is 0. The molecule has 2 aromatic rings. The summed E-state index contributed by atoms with van der Waals surface area (Å²) in [4.78, 5) is 3.55. The van der Waals surface area contributed by atoms with Gasteiger partial charge in [-0.15, -0.1) is 16.4 Å². The Labute approximate surface area is 110 Å². The average molecular weight is 267 g/mol. The molecule has 0 saturated carbocycles. The van der Waals surface area contributed by atoms with Gasteiger partial charge in [-0.25, -0.2) is 0 Å². The van der Waals surface area contributed by atoms with Crippen molar-refractivity contribution >= 4 is 22.9 Å². The van der Waals surface area contributed by atoms with Crippen LogP contribution in [0.1, 0.15) is 47.1 Å². The lowest BCUT2D eigenvalue weighted by molar-refractivity contribution is 0.557. The molecule has 2 rings (SSSR count). The Balaban J connectivity index is 2.38. The molecular formula is C12H17N3S2. The molecule has 0 aliphatic heterocycles. The van der Waals surface area contributed by atoms with Gasteiger partial charge in [0, 0.05) is 15.2 Å². The Morgan fingerprint density at radius 1 is 1.29 bits per heavy atom. The van der Waals surface area contributed by atoms with Crippen molar-refractivity contribution < 1.29 is 0 Å². The fraction of sp³-hybridized carbons (Fsp3) is 0.500. The topological polar surface area (TPSA) is 51.8 Å². The third kappa shape index (κ3) is 2.56. The quantitative estimate of drug-likeness (QED) is 0.908. The van der Waals surface area contributed by atoms with Gasteiger partial charge in [-0.3, -0.25) is 0 Å². The third-order valence-electron chi connectivity index (χ3n) is 2.57. The van der Waals surface area contributed by atoms with E-state index in [0.717, 1.165) is 10.6 Å². The minimum Gasteiger partial charge on any atom is -0.319 e. The molecule has 17 heavy (non-hydrogen) atoms. The zero-order valence-corrected chi connectivity index (χ0v) is 12.2. The zero-order valence-electron chi connectivity index (χ0n) is 10.5. The van der Waals surface area contributed by atoms with Crippen LogP contribution in [-0.2, 0) is 5.41 Å². The molecule has 2 aromatic heterocycles. The van der Waals surface area contributed by atoms with Crippen molar-refractivity contribution in [3.8, 4) is 0 Å². The van der Waals surface area contributed by atoms with Crippen LogP contribution in [0.4, 0.5) is 0 Å². The lowest BCUT2D eigenvalue weighted by Gasteiger charge is -2.18. The van der Waals surface area contributed by atoms with E-state index >= 15 is 0 Å². The van der Waals surface area contributed by atoms with Crippen molar-refractivity contribution in [1.82, 2.24) is 9.59 Å². The molecule has 0 spiro atoms. The van der Waals surface area contributed by atoms with Gasteiger partial charge in [0.15, 0.2) is 0 Å². The Morgan fingerprint density at radius 3 is 2.53 bits per heavy atom. The highest BCUT2D eigenvalue weighted by atomic mass is 32.1. The molecule has 5 heteroatoms. The summed E-state index contributed by atoms with van der Waals surface area (Å²) in [7, 11) is 0. The van der Waals surface area contributed by atoms with Crippen molar-refractivity contribution in [3.63, 3.8) is 0 Å². The lowest BCUT2D eigenvalue weighted by atomic mass is 9.90. The first kappa shape index (κ1) is 12.7. The van der Waals surface area contributed by atoms with E-state index in [1.807, 2.05) is 0 Å². The van der Waals surface area contributed by atoms with Gasteiger partial charge in [0.05, 0.1) is 16.6 Å². The number of nitrogens with zero attached hydrogens (tertiary/aromatic N) is 2. The summed E-state index contributed by atoms with van der Waals surface area (Å²) in [5.74, 6) is 0. The average Bonchev–Trinajstić information content (AvgIpc) is 2.83. The number of hydrogen-bond donors (Lipinski definition) is 1. The van der Waals surface area contributed by atoms with Crippen molar-refractivity contribution in [2.24, 2.45) is 5.73 Å². The van der Waals surface area contributed by atoms with Crippen LogP contribution in [0.25, 0.3) is 0 Å². The fourth-order valence-electron chi connectivity index (χ4n) is 1.67. The molecule has 0 fully saturated rings. The second-order valence-electron chi connectivity index (χ2n) is 5.16. The van der Waals surface area contributed by atoms with E-state index < -0.39 is 0 Å². The maximum absolute atomic E-state index is 6.31. The summed E-state index contributed by atoms with van der Waals surface area (Å²) in [5, 5.41) is 4.23. The zero-order chi connectivity index (χ0) is 12.6. The maximum Gasteiger partial charge on any atom is 0.0860 e. The van der Waals surface area contributed by atoms with Crippen LogP contribution in [0.3, 0.4) is 0 Å². The molecular weight excluding hydrogens is 250 g/mol. The molecule has 1 atom stereocenters. The van der Waals surface area contributed by atoms with Crippen molar-refractivity contribution in [2.75, 3.05) is 0 Å². The number of aryl methyl sites for hydroxylation is 1. The number of thiophene rings is 1. The van der Waals surface area contributed by atoms with Gasteiger partial charge in [0.25, 0.3) is 0 Å². The van der Waals surface area contributed by atoms with Crippen LogP contribution in [-0.4, -0.2) is 9.59 Å². The van der Waals surface area contributed by atoms with E-state index in [1.54, 1.807) is 11.3 Å². The van der Waals surface area contributed by atoms with E-state index in [1.165, 1.54) is 21.3 Å². The van der Waals surface area contributed by atoms with Crippen LogP contribution < -0.4 is 5.73 Å². The normalized spacial score (nSPS) is 13.9. The summed E-state index contributed by atoms with van der Waals surface area (Å²) in [6.45, 7) is 8.51. The predicted molar refractivity (Wildman–Crippen MR) is 73.7 cm³/mol. The second kappa shape index (κ2) is 4.48. The molecule has 0 amide bonds. The van der Waals surface area contributed by atoms with Crippen LogP contribution >= 0.6 is 22.9 Å². The monoisotopic (exact) mass is 267 g/mol. The summed E-state index contributed by atoms with van der Waals surface area (Å²) in [5.41, 5.74) is 7.32. The Morgan fingerprint density at radius 2 is 2.00 bits per heavy atom. The van der Waals surface area contributed by atoms with E-state index in [2.05, 4.69) is 49.4 Å². The molecule has 0 aromatic carbocycles. The SMILES string of the molecule is Cc1ccc(C(N)c2snnc2C(C)(C)C)s1. The first-order chi connectivity index (χ1) is 7.89. The minimum atomic E-state index is -0.0945. The molecule has 0 bridgehead atoms. The summed E-state index contributed by atoms with van der Waals surface area (Å²) < 4.78 is 4.06. The number of nitrogens with two attached hydrogens (primary N) is 1. The molecule has 2 N–H and O–H groups in total. The molecule has 0 aliphatic carbocycles. The van der Waals surface area contributed by atoms with E-state index in [0.29, 0.717) is 0 Å². The molecule has 0 aliphatic rings. The summed E-state index contributed by atoms with van der Waals surface area (Å²) >= 11 is 3.15. The van der Waals surface area contributed by atoms with E-state index in [9.17, 15) is 0 Å². The molecule has 2 heterocycles. The Kier molecular flexibility index (Phi) is 3.34. The van der Waals surface area contributed by atoms with Crippen LogP contribution in [0.5, 0.6) is 0 Å². The number of aromatic nitrogens is 2. The summed E-state index contributed by atoms with van der Waals surface area (Å²) in [6, 6.07) is 4.10. The standard InChI is InChI=1S/C12H17N3S2/c1-7-5-6-8(16-7)9(13)10-11(12(2,3)4)14-15-17-10/h5-6,9H,13H2,1-4H3. The van der Waals surface area contributed by atoms with Gasteiger partial charge in [-0.1, -0.05) is 25.3 Å². The molecule has 1 unspecified atom stereocenters. The van der Waals surface area contributed by atoms with Gasteiger partial charge in [-0.05, 0) is 30.6 Å². The van der Waals surface area contributed by atoms with Crippen molar-refractivity contribution in [1.29, 1.82) is 0 Å². The minimum absolute atomic E-state index is 0.00768. The van der Waals surface area contributed by atoms with Crippen LogP contribution in [0.2, 0.25) is 0 Å². The van der Waals surface area contributed by atoms with Gasteiger partial charge in [0.1, 0.15) is 0 Å². The van der Waals surface area contributed by atoms with Gasteiger partial charge >= 0.3 is 0 Å². The van der Waals surface area contributed by atoms with Crippen molar-refractivity contribution in [3.05, 3.63) is 32.5 Å². The predicted octanol–water partition coefficient (Wildman–Crippen LogP) is 3.25. The van der Waals surface area contributed by atoms with Gasteiger partial charge < -0.3 is 5.73 Å². The highest BCUT2D eigenvalue weighted by Gasteiger charge is 2.26. The smallest absolute Gasteiger partial charge is 0.0860 e. The van der Waals surface area contributed by atoms with E-state index in [4.69, 9.17) is 5.73 Å². The Bertz CT molecular complexity index is 508. The highest BCUT2D eigenvalue weighted by Crippen LogP contribution is 2.34. The molecule has 0 radical (unpaired) electrons. The molecule has 0 saturated heterocycles. The van der Waals surface area contributed by atoms with Gasteiger partial charge in [0.2, 0.25) is 0 Å². The van der Waals surface area contributed by atoms with Crippen LogP contribution in [0, 0.1) is 6.92 Å². The molecule has 3 nitrogen and oxygen atoms in total. The Hall–Kier alpha value is -0.780. The van der Waals surface area contributed by atoms with Crippen molar-refractivity contribution in [2.45, 2.75) is 39.2 Å². The fourth-order valence-corrected chi connectivity index (χ4v) is 3.52. The lowest BCUT2D eigenvalue weighted by Crippen LogP contribution is -2.19. The number of rotatable bonds is 2. The van der Waals surface area contributed by atoms with Crippen LogP contribution in [0.15, 0.2) is 12.1 Å². The number of hydrogen-bond acceptors (Lipinski definition) is 5. The molecule has 92 valence electrons. The first-order valence-electron chi connectivity index (χ1n) is 5.54. The first-order valence-corrected chi connectivity index (χ1v) is 7.13. The van der Waals surface area contributed by atoms with Gasteiger partial charge in [-0.2, -0.15) is 0 Å². The largest absolute Gasteiger partial charge is 0.319 e. The highest BCUT2D eigenvalue weighted by molar-refractivity contribution is 7.12.